The van der Waals surface area contributed by atoms with Crippen LogP contribution in [0.5, 0.6) is 0 Å². The molecule has 0 saturated carbocycles. The highest BCUT2D eigenvalue weighted by molar-refractivity contribution is 5.95. The summed E-state index contributed by atoms with van der Waals surface area (Å²) in [4.78, 5) is 69.5. The van der Waals surface area contributed by atoms with E-state index in [0.29, 0.717) is 0 Å². The number of aliphatic carboxylic acids is 2. The smallest absolute Gasteiger partial charge is 0.326 e. The molecule has 0 spiro atoms. The van der Waals surface area contributed by atoms with Crippen LogP contribution in [0.4, 0.5) is 0 Å². The molecule has 14 nitrogen and oxygen atoms in total. The number of carboxylic acids is 2. The molecule has 0 aliphatic rings. The number of rotatable bonds is 13. The number of aliphatic hydroxyl groups excluding tert-OH is 1. The van der Waals surface area contributed by atoms with Gasteiger partial charge in [0.1, 0.15) is 18.1 Å². The summed E-state index contributed by atoms with van der Waals surface area (Å²) in [5.74, 6) is -6.89. The van der Waals surface area contributed by atoms with E-state index in [0.717, 1.165) is 0 Å². The summed E-state index contributed by atoms with van der Waals surface area (Å²) in [5.41, 5.74) is 5.08. The third-order valence-corrected chi connectivity index (χ3v) is 3.70. The van der Waals surface area contributed by atoms with Crippen molar-refractivity contribution in [1.29, 1.82) is 0 Å². The van der Waals surface area contributed by atoms with Gasteiger partial charge in [0, 0.05) is 0 Å². The predicted molar refractivity (Wildman–Crippen MR) is 99.7 cm³/mol. The Hall–Kier alpha value is -3.26. The van der Waals surface area contributed by atoms with Gasteiger partial charge in [-0.05, 0) is 5.92 Å². The highest BCUT2D eigenvalue weighted by Gasteiger charge is 2.30. The molecule has 0 aliphatic heterocycles. The first-order chi connectivity index (χ1) is 13.9. The van der Waals surface area contributed by atoms with Gasteiger partial charge in [-0.2, -0.15) is 0 Å². The van der Waals surface area contributed by atoms with Crippen molar-refractivity contribution >= 4 is 35.6 Å². The molecule has 3 atom stereocenters. The fourth-order valence-corrected chi connectivity index (χ4v) is 2.13. The molecular weight excluding hydrogens is 406 g/mol. The van der Waals surface area contributed by atoms with Gasteiger partial charge in [-0.15, -0.1) is 0 Å². The van der Waals surface area contributed by atoms with Crippen molar-refractivity contribution in [2.45, 2.75) is 38.4 Å². The fourth-order valence-electron chi connectivity index (χ4n) is 2.13. The van der Waals surface area contributed by atoms with E-state index in [1.165, 1.54) is 13.8 Å². The predicted octanol–water partition coefficient (Wildman–Crippen LogP) is -4.28. The molecule has 0 bridgehead atoms. The van der Waals surface area contributed by atoms with Gasteiger partial charge in [0.25, 0.3) is 0 Å². The standard InChI is InChI=1S/C16H27N5O9/c1-7(2)13(16(29)30)21-15(28)8(3-12(25)26)19-11(24)5-18-14(27)9(6-22)20-10(23)4-17/h7-9,13,22H,3-6,17H2,1-2H3,(H,18,27)(H,19,24)(H,20,23)(H,21,28)(H,25,26)(H,29,30)/t8-,9-,13-/m0/s1. The Morgan fingerprint density at radius 1 is 0.867 bits per heavy atom. The molecule has 0 rings (SSSR count). The van der Waals surface area contributed by atoms with Crippen LogP contribution in [0, 0.1) is 5.92 Å². The van der Waals surface area contributed by atoms with Gasteiger partial charge in [-0.3, -0.25) is 24.0 Å². The lowest BCUT2D eigenvalue weighted by molar-refractivity contribution is -0.144. The number of nitrogens with one attached hydrogen (secondary N) is 4. The van der Waals surface area contributed by atoms with Crippen LogP contribution in [0.3, 0.4) is 0 Å². The van der Waals surface area contributed by atoms with E-state index in [2.05, 4.69) is 21.3 Å². The maximum atomic E-state index is 12.2. The molecule has 9 N–H and O–H groups in total. The number of carboxylic acid groups (broad SMARTS) is 2. The third kappa shape index (κ3) is 9.79. The zero-order chi connectivity index (χ0) is 23.4. The molecule has 170 valence electrons. The van der Waals surface area contributed by atoms with Crippen molar-refractivity contribution in [2.24, 2.45) is 11.7 Å². The van der Waals surface area contributed by atoms with E-state index in [1.54, 1.807) is 0 Å². The number of nitrogens with two attached hydrogens (primary N) is 1. The normalized spacial score (nSPS) is 13.5. The second-order valence-electron chi connectivity index (χ2n) is 6.51. The molecule has 30 heavy (non-hydrogen) atoms. The number of aliphatic hydroxyl groups is 1. The average molecular weight is 433 g/mol. The van der Waals surface area contributed by atoms with Gasteiger partial charge in [0.15, 0.2) is 0 Å². The Balaban J connectivity index is 4.97. The van der Waals surface area contributed by atoms with Gasteiger partial charge in [-0.1, -0.05) is 13.8 Å². The lowest BCUT2D eigenvalue weighted by atomic mass is 10.0. The molecule has 0 radical (unpaired) electrons. The molecule has 0 aromatic rings. The number of carbonyl (C=O) groups is 6. The zero-order valence-corrected chi connectivity index (χ0v) is 16.5. The van der Waals surface area contributed by atoms with Crippen LogP contribution in [0.25, 0.3) is 0 Å². The van der Waals surface area contributed by atoms with Crippen LogP contribution in [0.2, 0.25) is 0 Å². The Morgan fingerprint density at radius 2 is 1.43 bits per heavy atom. The third-order valence-electron chi connectivity index (χ3n) is 3.70. The van der Waals surface area contributed by atoms with Crippen LogP contribution >= 0.6 is 0 Å². The Labute approximate surface area is 171 Å². The fraction of sp³-hybridized carbons (Fsp3) is 0.625. The summed E-state index contributed by atoms with van der Waals surface area (Å²) < 4.78 is 0. The molecule has 0 unspecified atom stereocenters. The highest BCUT2D eigenvalue weighted by Crippen LogP contribution is 2.03. The molecule has 0 saturated heterocycles. The summed E-state index contributed by atoms with van der Waals surface area (Å²) in [6, 6.07) is -4.27. The van der Waals surface area contributed by atoms with E-state index in [-0.39, 0.29) is 0 Å². The highest BCUT2D eigenvalue weighted by atomic mass is 16.4. The summed E-state index contributed by atoms with van der Waals surface area (Å²) in [5, 5.41) is 35.6. The Bertz CT molecular complexity index is 667. The molecular formula is C16H27N5O9. The van der Waals surface area contributed by atoms with Crippen LogP contribution in [-0.4, -0.2) is 88.7 Å². The number of hydrogen-bond acceptors (Lipinski definition) is 8. The summed E-state index contributed by atoms with van der Waals surface area (Å²) in [7, 11) is 0. The second kappa shape index (κ2) is 13.1. The largest absolute Gasteiger partial charge is 0.481 e. The summed E-state index contributed by atoms with van der Waals surface area (Å²) in [6.07, 6.45) is -0.832. The van der Waals surface area contributed by atoms with Crippen molar-refractivity contribution in [3.8, 4) is 0 Å². The lowest BCUT2D eigenvalue weighted by Gasteiger charge is -2.22. The first kappa shape index (κ1) is 26.7. The molecule has 0 fully saturated rings. The monoisotopic (exact) mass is 433 g/mol. The molecule has 0 heterocycles. The second-order valence-corrected chi connectivity index (χ2v) is 6.51. The molecule has 0 aromatic carbocycles. The Morgan fingerprint density at radius 3 is 1.87 bits per heavy atom. The SMILES string of the molecule is CC(C)[C@H](NC(=O)[C@H](CC(=O)O)NC(=O)CNC(=O)[C@H](CO)NC(=O)CN)C(=O)O. The van der Waals surface area contributed by atoms with E-state index < -0.39 is 85.7 Å². The average Bonchev–Trinajstić information content (AvgIpc) is 2.66. The van der Waals surface area contributed by atoms with Crippen LogP contribution in [-0.2, 0) is 28.8 Å². The van der Waals surface area contributed by atoms with Crippen molar-refractivity contribution < 1.29 is 44.1 Å². The Kier molecular flexibility index (Phi) is 11.6. The number of carbonyl (C=O) groups excluding carboxylic acids is 4. The van der Waals surface area contributed by atoms with Crippen LogP contribution in [0.15, 0.2) is 0 Å². The number of amides is 4. The van der Waals surface area contributed by atoms with Crippen molar-refractivity contribution in [3.63, 3.8) is 0 Å². The maximum Gasteiger partial charge on any atom is 0.326 e. The molecule has 0 aliphatic carbocycles. The van der Waals surface area contributed by atoms with Crippen LogP contribution < -0.4 is 27.0 Å². The van der Waals surface area contributed by atoms with E-state index in [4.69, 9.17) is 21.1 Å². The quantitative estimate of drug-likeness (QED) is 0.139. The summed E-state index contributed by atoms with van der Waals surface area (Å²) >= 11 is 0. The van der Waals surface area contributed by atoms with E-state index >= 15 is 0 Å². The van der Waals surface area contributed by atoms with E-state index in [1.807, 2.05) is 0 Å². The topological polar surface area (TPSA) is 237 Å². The molecule has 14 heteroatoms. The minimum absolute atomic E-state index is 0.427. The first-order valence-corrected chi connectivity index (χ1v) is 8.85. The van der Waals surface area contributed by atoms with E-state index in [9.17, 15) is 28.8 Å². The van der Waals surface area contributed by atoms with Crippen molar-refractivity contribution in [2.75, 3.05) is 19.7 Å². The lowest BCUT2D eigenvalue weighted by Crippen LogP contribution is -2.56. The first-order valence-electron chi connectivity index (χ1n) is 8.85. The number of hydrogen-bond donors (Lipinski definition) is 8. The van der Waals surface area contributed by atoms with Gasteiger partial charge < -0.3 is 42.3 Å². The maximum absolute atomic E-state index is 12.2. The van der Waals surface area contributed by atoms with Gasteiger partial charge in [0.05, 0.1) is 26.1 Å². The van der Waals surface area contributed by atoms with Crippen LogP contribution in [0.1, 0.15) is 20.3 Å². The van der Waals surface area contributed by atoms with Crippen molar-refractivity contribution in [3.05, 3.63) is 0 Å². The van der Waals surface area contributed by atoms with Gasteiger partial charge in [0.2, 0.25) is 23.6 Å². The zero-order valence-electron chi connectivity index (χ0n) is 16.5. The van der Waals surface area contributed by atoms with Crippen molar-refractivity contribution in [1.82, 2.24) is 21.3 Å². The molecule has 4 amide bonds. The molecule has 0 aromatic heterocycles. The minimum atomic E-state index is -1.60. The van der Waals surface area contributed by atoms with Gasteiger partial charge >= 0.3 is 11.9 Å². The summed E-state index contributed by atoms with van der Waals surface area (Å²) in [6.45, 7) is 1.16. The van der Waals surface area contributed by atoms with Gasteiger partial charge in [-0.25, -0.2) is 4.79 Å². The minimum Gasteiger partial charge on any atom is -0.481 e.